The number of hydrogen-bond donors (Lipinski definition) is 2. The standard InChI is InChI=1S/C10H14N2O3/c1-7(15-2)5-11-9-4-3-8(6-12-9)10(13)14/h3-4,6-7H,5H2,1-2H3,(H,11,12)(H,13,14). The van der Waals surface area contributed by atoms with Crippen molar-refractivity contribution in [1.82, 2.24) is 4.98 Å². The van der Waals surface area contributed by atoms with Crippen LogP contribution in [0.25, 0.3) is 0 Å². The van der Waals surface area contributed by atoms with Gasteiger partial charge in [0.25, 0.3) is 0 Å². The summed E-state index contributed by atoms with van der Waals surface area (Å²) in [7, 11) is 1.63. The molecule has 0 aromatic carbocycles. The summed E-state index contributed by atoms with van der Waals surface area (Å²) in [4.78, 5) is 14.5. The second-order valence-electron chi connectivity index (χ2n) is 3.16. The van der Waals surface area contributed by atoms with Crippen LogP contribution in [-0.4, -0.2) is 35.8 Å². The first-order valence-electron chi connectivity index (χ1n) is 4.59. The monoisotopic (exact) mass is 210 g/mol. The summed E-state index contributed by atoms with van der Waals surface area (Å²) in [6.07, 6.45) is 1.41. The molecule has 0 fully saturated rings. The molecule has 0 aliphatic carbocycles. The molecule has 0 saturated carbocycles. The summed E-state index contributed by atoms with van der Waals surface area (Å²) >= 11 is 0. The normalized spacial score (nSPS) is 12.1. The number of carbonyl (C=O) groups is 1. The van der Waals surface area contributed by atoms with E-state index in [2.05, 4.69) is 10.3 Å². The fraction of sp³-hybridized carbons (Fsp3) is 0.400. The van der Waals surface area contributed by atoms with Crippen molar-refractivity contribution in [1.29, 1.82) is 0 Å². The van der Waals surface area contributed by atoms with Crippen LogP contribution in [0.15, 0.2) is 18.3 Å². The second kappa shape index (κ2) is 5.31. The summed E-state index contributed by atoms with van der Waals surface area (Å²) in [5, 5.41) is 11.7. The number of carboxylic acid groups (broad SMARTS) is 1. The second-order valence-corrected chi connectivity index (χ2v) is 3.16. The van der Waals surface area contributed by atoms with Crippen LogP contribution in [0.2, 0.25) is 0 Å². The Kier molecular flexibility index (Phi) is 4.05. The molecular weight excluding hydrogens is 196 g/mol. The number of rotatable bonds is 5. The molecule has 1 aromatic rings. The molecule has 2 N–H and O–H groups in total. The number of nitrogens with one attached hydrogen (secondary N) is 1. The van der Waals surface area contributed by atoms with E-state index in [9.17, 15) is 4.79 Å². The maximum Gasteiger partial charge on any atom is 0.337 e. The molecule has 0 amide bonds. The van der Waals surface area contributed by atoms with Crippen LogP contribution in [0.3, 0.4) is 0 Å². The van der Waals surface area contributed by atoms with Crippen LogP contribution in [0.5, 0.6) is 0 Å². The van der Waals surface area contributed by atoms with Gasteiger partial charge in [-0.25, -0.2) is 9.78 Å². The third-order valence-corrected chi connectivity index (χ3v) is 1.98. The van der Waals surface area contributed by atoms with Crippen LogP contribution >= 0.6 is 0 Å². The molecule has 15 heavy (non-hydrogen) atoms. The average Bonchev–Trinajstić information content (AvgIpc) is 2.26. The molecular formula is C10H14N2O3. The highest BCUT2D eigenvalue weighted by molar-refractivity contribution is 5.87. The van der Waals surface area contributed by atoms with Crippen molar-refractivity contribution < 1.29 is 14.6 Å². The first-order chi connectivity index (χ1) is 7.13. The Labute approximate surface area is 88.1 Å². The van der Waals surface area contributed by atoms with Crippen molar-refractivity contribution in [3.8, 4) is 0 Å². The van der Waals surface area contributed by atoms with Crippen LogP contribution in [0.1, 0.15) is 17.3 Å². The van der Waals surface area contributed by atoms with Crippen molar-refractivity contribution >= 4 is 11.8 Å². The molecule has 0 aliphatic heterocycles. The fourth-order valence-corrected chi connectivity index (χ4v) is 0.957. The van der Waals surface area contributed by atoms with Crippen molar-refractivity contribution in [3.63, 3.8) is 0 Å². The number of ether oxygens (including phenoxy) is 1. The molecule has 0 bridgehead atoms. The Morgan fingerprint density at radius 1 is 1.67 bits per heavy atom. The van der Waals surface area contributed by atoms with Crippen LogP contribution in [-0.2, 0) is 4.74 Å². The number of nitrogens with zero attached hydrogens (tertiary/aromatic N) is 1. The third kappa shape index (κ3) is 3.55. The van der Waals surface area contributed by atoms with Crippen LogP contribution in [0.4, 0.5) is 5.82 Å². The minimum absolute atomic E-state index is 0.0888. The topological polar surface area (TPSA) is 71.5 Å². The highest BCUT2D eigenvalue weighted by Crippen LogP contribution is 2.05. The van der Waals surface area contributed by atoms with Crippen molar-refractivity contribution in [3.05, 3.63) is 23.9 Å². The van der Waals surface area contributed by atoms with Gasteiger partial charge in [-0.2, -0.15) is 0 Å². The number of aromatic nitrogens is 1. The summed E-state index contributed by atoms with van der Waals surface area (Å²) in [5.74, 6) is -0.330. The van der Waals surface area contributed by atoms with E-state index in [1.807, 2.05) is 6.92 Å². The minimum Gasteiger partial charge on any atom is -0.478 e. The first-order valence-corrected chi connectivity index (χ1v) is 4.59. The van der Waals surface area contributed by atoms with Crippen LogP contribution in [0, 0.1) is 0 Å². The fourth-order valence-electron chi connectivity index (χ4n) is 0.957. The maximum atomic E-state index is 10.5. The van der Waals surface area contributed by atoms with E-state index in [-0.39, 0.29) is 11.7 Å². The van der Waals surface area contributed by atoms with Gasteiger partial charge in [0.05, 0.1) is 11.7 Å². The Morgan fingerprint density at radius 3 is 2.87 bits per heavy atom. The van der Waals surface area contributed by atoms with Gasteiger partial charge in [-0.3, -0.25) is 0 Å². The highest BCUT2D eigenvalue weighted by Gasteiger charge is 2.03. The molecule has 1 unspecified atom stereocenters. The molecule has 5 nitrogen and oxygen atoms in total. The van der Waals surface area contributed by atoms with E-state index in [1.165, 1.54) is 12.3 Å². The van der Waals surface area contributed by atoms with Gasteiger partial charge in [0, 0.05) is 19.9 Å². The van der Waals surface area contributed by atoms with Crippen molar-refractivity contribution in [2.24, 2.45) is 0 Å². The number of anilines is 1. The molecule has 0 spiro atoms. The maximum absolute atomic E-state index is 10.5. The Morgan fingerprint density at radius 2 is 2.40 bits per heavy atom. The van der Waals surface area contributed by atoms with Gasteiger partial charge in [0.2, 0.25) is 0 Å². The van der Waals surface area contributed by atoms with Gasteiger partial charge in [-0.1, -0.05) is 0 Å². The van der Waals surface area contributed by atoms with E-state index in [0.717, 1.165) is 0 Å². The van der Waals surface area contributed by atoms with Gasteiger partial charge in [-0.15, -0.1) is 0 Å². The zero-order valence-electron chi connectivity index (χ0n) is 8.73. The van der Waals surface area contributed by atoms with Gasteiger partial charge < -0.3 is 15.2 Å². The molecule has 5 heteroatoms. The predicted octanol–water partition coefficient (Wildman–Crippen LogP) is 1.23. The largest absolute Gasteiger partial charge is 0.478 e. The number of methoxy groups -OCH3 is 1. The van der Waals surface area contributed by atoms with Crippen LogP contribution < -0.4 is 5.32 Å². The van der Waals surface area contributed by atoms with E-state index in [0.29, 0.717) is 12.4 Å². The molecule has 0 aliphatic rings. The van der Waals surface area contributed by atoms with Gasteiger partial charge in [-0.05, 0) is 19.1 Å². The lowest BCUT2D eigenvalue weighted by Crippen LogP contribution is -2.18. The Balaban J connectivity index is 2.53. The van der Waals surface area contributed by atoms with E-state index in [1.54, 1.807) is 13.2 Å². The highest BCUT2D eigenvalue weighted by atomic mass is 16.5. The SMILES string of the molecule is COC(C)CNc1ccc(C(=O)O)cn1. The summed E-state index contributed by atoms with van der Waals surface area (Å²) in [6, 6.07) is 3.14. The molecule has 1 aromatic heterocycles. The van der Waals surface area contributed by atoms with Gasteiger partial charge >= 0.3 is 5.97 Å². The van der Waals surface area contributed by atoms with Crippen molar-refractivity contribution in [2.45, 2.75) is 13.0 Å². The lowest BCUT2D eigenvalue weighted by atomic mass is 10.3. The summed E-state index contributed by atoms with van der Waals surface area (Å²) < 4.78 is 5.05. The smallest absolute Gasteiger partial charge is 0.337 e. The average molecular weight is 210 g/mol. The predicted molar refractivity (Wildman–Crippen MR) is 56.2 cm³/mol. The number of pyridine rings is 1. The Bertz CT molecular complexity index is 324. The minimum atomic E-state index is -0.973. The summed E-state index contributed by atoms with van der Waals surface area (Å²) in [6.45, 7) is 2.56. The number of carboxylic acids is 1. The zero-order valence-corrected chi connectivity index (χ0v) is 8.73. The number of hydrogen-bond acceptors (Lipinski definition) is 4. The quantitative estimate of drug-likeness (QED) is 0.764. The Hall–Kier alpha value is -1.62. The molecule has 0 radical (unpaired) electrons. The molecule has 1 heterocycles. The number of aromatic carboxylic acids is 1. The van der Waals surface area contributed by atoms with Gasteiger partial charge in [0.15, 0.2) is 0 Å². The molecule has 0 saturated heterocycles. The summed E-state index contributed by atoms with van der Waals surface area (Å²) in [5.41, 5.74) is 0.181. The van der Waals surface area contributed by atoms with E-state index >= 15 is 0 Å². The van der Waals surface area contributed by atoms with E-state index in [4.69, 9.17) is 9.84 Å². The lowest BCUT2D eigenvalue weighted by molar-refractivity contribution is 0.0696. The van der Waals surface area contributed by atoms with E-state index < -0.39 is 5.97 Å². The third-order valence-electron chi connectivity index (χ3n) is 1.98. The molecule has 1 rings (SSSR count). The zero-order chi connectivity index (χ0) is 11.3. The van der Waals surface area contributed by atoms with Crippen molar-refractivity contribution in [2.75, 3.05) is 19.0 Å². The molecule has 1 atom stereocenters. The first kappa shape index (κ1) is 11.5. The lowest BCUT2D eigenvalue weighted by Gasteiger charge is -2.10. The van der Waals surface area contributed by atoms with Gasteiger partial charge in [0.1, 0.15) is 5.82 Å². The molecule has 82 valence electrons.